The summed E-state index contributed by atoms with van der Waals surface area (Å²) in [6.45, 7) is 2.82. The molecule has 10 heteroatoms. The van der Waals surface area contributed by atoms with Crippen LogP contribution in [-0.2, 0) is 19.3 Å². The lowest BCUT2D eigenvalue weighted by molar-refractivity contribution is -0.137. The zero-order valence-electron chi connectivity index (χ0n) is 17.9. The van der Waals surface area contributed by atoms with Crippen molar-refractivity contribution >= 4 is 38.0 Å². The van der Waals surface area contributed by atoms with Crippen LogP contribution in [0.3, 0.4) is 0 Å². The molecule has 2 aliphatic heterocycles. The Morgan fingerprint density at radius 3 is 2.44 bits per heavy atom. The second-order valence-corrected chi connectivity index (χ2v) is 9.95. The van der Waals surface area contributed by atoms with Crippen LogP contribution in [0.4, 0.5) is 13.2 Å². The fourth-order valence-corrected chi connectivity index (χ4v) is 5.55. The molecule has 6 rings (SSSR count). The van der Waals surface area contributed by atoms with E-state index in [4.69, 9.17) is 9.40 Å². The van der Waals surface area contributed by atoms with E-state index in [1.165, 1.54) is 0 Å². The summed E-state index contributed by atoms with van der Waals surface area (Å²) < 4.78 is 45.0. The van der Waals surface area contributed by atoms with Gasteiger partial charge in [-0.25, -0.2) is 4.98 Å². The summed E-state index contributed by atoms with van der Waals surface area (Å²) >= 11 is 3.46. The van der Waals surface area contributed by atoms with Gasteiger partial charge in [-0.15, -0.1) is 0 Å². The predicted octanol–water partition coefficient (Wildman–Crippen LogP) is 4.91. The number of fused-ring (bicyclic) bond motifs is 5. The Bertz CT molecular complexity index is 1450. The number of H-pyrrole nitrogens is 1. The van der Waals surface area contributed by atoms with Crippen LogP contribution in [0.25, 0.3) is 22.1 Å². The number of piperazine rings is 1. The number of rotatable bonds is 4. The van der Waals surface area contributed by atoms with Gasteiger partial charge in [-0.1, -0.05) is 28.1 Å². The number of hydrogen-bond acceptors (Lipinski definition) is 5. The molecule has 2 atom stereocenters. The third kappa shape index (κ3) is 3.83. The lowest BCUT2D eigenvalue weighted by Gasteiger charge is -2.34. The van der Waals surface area contributed by atoms with Gasteiger partial charge >= 0.3 is 6.18 Å². The van der Waals surface area contributed by atoms with Crippen molar-refractivity contribution in [1.82, 2.24) is 19.8 Å². The highest BCUT2D eigenvalue weighted by Crippen LogP contribution is 2.34. The van der Waals surface area contributed by atoms with Gasteiger partial charge in [0.2, 0.25) is 5.58 Å². The smallest absolute Gasteiger partial charge is 0.416 e. The monoisotopic (exact) mass is 532 g/mol. The van der Waals surface area contributed by atoms with Crippen LogP contribution >= 0.6 is 15.9 Å². The third-order valence-electron chi connectivity index (χ3n) is 6.82. The van der Waals surface area contributed by atoms with Crippen molar-refractivity contribution in [3.05, 3.63) is 74.2 Å². The Morgan fingerprint density at radius 1 is 1.06 bits per heavy atom. The number of nitrogens with one attached hydrogen (secondary N) is 1. The van der Waals surface area contributed by atoms with E-state index in [9.17, 15) is 18.0 Å². The quantitative estimate of drug-likeness (QED) is 0.404. The molecule has 0 radical (unpaired) electrons. The number of halogens is 4. The summed E-state index contributed by atoms with van der Waals surface area (Å²) in [7, 11) is 0. The van der Waals surface area contributed by atoms with Gasteiger partial charge in [0, 0.05) is 41.6 Å². The first kappa shape index (κ1) is 21.8. The number of nitrogens with zero attached hydrogens (tertiary/aromatic N) is 3. The number of aromatic nitrogens is 2. The Balaban J connectivity index is 1.16. The third-order valence-corrected chi connectivity index (χ3v) is 7.32. The average molecular weight is 533 g/mol. The molecule has 2 aliphatic rings. The minimum Gasteiger partial charge on any atom is -0.449 e. The normalized spacial score (nSPS) is 21.3. The van der Waals surface area contributed by atoms with Gasteiger partial charge in [-0.3, -0.25) is 14.6 Å². The summed E-state index contributed by atoms with van der Waals surface area (Å²) in [4.78, 5) is 24.8. The van der Waals surface area contributed by atoms with Gasteiger partial charge in [0.25, 0.3) is 5.56 Å². The van der Waals surface area contributed by atoms with Crippen molar-refractivity contribution in [1.29, 1.82) is 0 Å². The van der Waals surface area contributed by atoms with Crippen LogP contribution in [0.2, 0.25) is 0 Å². The zero-order chi connectivity index (χ0) is 23.6. The maximum atomic E-state index is 12.8. The van der Waals surface area contributed by atoms with Gasteiger partial charge in [0.15, 0.2) is 0 Å². The molecule has 0 saturated carbocycles. The van der Waals surface area contributed by atoms with E-state index in [0.717, 1.165) is 47.1 Å². The predicted molar refractivity (Wildman–Crippen MR) is 124 cm³/mol. The number of aromatic amines is 1. The second-order valence-electron chi connectivity index (χ2n) is 9.03. The van der Waals surface area contributed by atoms with E-state index in [2.05, 4.69) is 30.7 Å². The lowest BCUT2D eigenvalue weighted by Crippen LogP contribution is -2.45. The molecule has 6 nitrogen and oxygen atoms in total. The summed E-state index contributed by atoms with van der Waals surface area (Å²) in [6, 6.07) is 11.6. The molecule has 0 unspecified atom stereocenters. The Hall–Kier alpha value is -2.69. The first-order chi connectivity index (χ1) is 16.2. The number of alkyl halides is 3. The van der Waals surface area contributed by atoms with E-state index < -0.39 is 11.7 Å². The minimum absolute atomic E-state index is 0.225. The van der Waals surface area contributed by atoms with Crippen LogP contribution in [0.5, 0.6) is 0 Å². The first-order valence-corrected chi connectivity index (χ1v) is 11.8. The van der Waals surface area contributed by atoms with E-state index in [1.54, 1.807) is 12.1 Å². The average Bonchev–Trinajstić information content (AvgIpc) is 3.46. The maximum Gasteiger partial charge on any atom is 0.416 e. The summed E-state index contributed by atoms with van der Waals surface area (Å²) in [5.74, 6) is 0.599. The summed E-state index contributed by atoms with van der Waals surface area (Å²) in [5.41, 5.74) is 1.36. The molecular formula is C24H20BrF3N4O2. The van der Waals surface area contributed by atoms with Crippen molar-refractivity contribution in [3.63, 3.8) is 0 Å². The summed E-state index contributed by atoms with van der Waals surface area (Å²) in [6.07, 6.45) is -3.32. The molecule has 4 heterocycles. The maximum absolute atomic E-state index is 12.8. The van der Waals surface area contributed by atoms with Crippen LogP contribution < -0.4 is 5.56 Å². The van der Waals surface area contributed by atoms with E-state index in [0.29, 0.717) is 42.1 Å². The minimum atomic E-state index is -4.32. The molecule has 0 aliphatic carbocycles. The Labute approximate surface area is 200 Å². The van der Waals surface area contributed by atoms with Gasteiger partial charge in [-0.2, -0.15) is 13.2 Å². The fourth-order valence-electron chi connectivity index (χ4n) is 5.19. The molecule has 1 N–H and O–H groups in total. The topological polar surface area (TPSA) is 65.4 Å². The molecule has 2 aromatic carbocycles. The molecule has 0 spiro atoms. The Morgan fingerprint density at radius 2 is 1.76 bits per heavy atom. The number of benzene rings is 2. The second kappa shape index (κ2) is 7.93. The number of furan rings is 1. The molecule has 34 heavy (non-hydrogen) atoms. The molecular weight excluding hydrogens is 513 g/mol. The molecule has 4 aromatic rings. The van der Waals surface area contributed by atoms with Crippen LogP contribution in [0, 0.1) is 0 Å². The highest BCUT2D eigenvalue weighted by molar-refractivity contribution is 9.10. The first-order valence-electron chi connectivity index (χ1n) is 11.0. The van der Waals surface area contributed by atoms with E-state index in [-0.39, 0.29) is 11.1 Å². The van der Waals surface area contributed by atoms with Crippen LogP contribution in [-0.4, -0.2) is 44.9 Å². The van der Waals surface area contributed by atoms with Crippen molar-refractivity contribution in [2.75, 3.05) is 13.1 Å². The summed E-state index contributed by atoms with van der Waals surface area (Å²) in [5, 5.41) is 0.794. The largest absolute Gasteiger partial charge is 0.449 e. The Kier molecular flexibility index (Phi) is 5.09. The van der Waals surface area contributed by atoms with E-state index in [1.807, 2.05) is 18.2 Å². The van der Waals surface area contributed by atoms with Crippen molar-refractivity contribution in [2.45, 2.75) is 37.8 Å². The van der Waals surface area contributed by atoms with Crippen LogP contribution in [0.1, 0.15) is 23.4 Å². The number of likely N-dealkylation sites (tertiary alicyclic amines) is 2. The molecule has 2 saturated heterocycles. The number of hydrogen-bond donors (Lipinski definition) is 1. The van der Waals surface area contributed by atoms with Crippen molar-refractivity contribution < 1.29 is 17.6 Å². The van der Waals surface area contributed by atoms with Crippen LogP contribution in [0.15, 0.2) is 56.1 Å². The molecule has 2 bridgehead atoms. The molecule has 2 aromatic heterocycles. The highest BCUT2D eigenvalue weighted by Gasteiger charge is 2.43. The SMILES string of the molecule is O=c1[nH]c(CN2C[C@H]3C[C@@H]2CN3Cc2ccc(C(F)(F)F)cc2)nc2c1oc1ccc(Br)cc12. The highest BCUT2D eigenvalue weighted by atomic mass is 79.9. The lowest BCUT2D eigenvalue weighted by atomic mass is 10.1. The molecule has 2 fully saturated rings. The fraction of sp³-hybridized carbons (Fsp3) is 0.333. The van der Waals surface area contributed by atoms with E-state index >= 15 is 0 Å². The van der Waals surface area contributed by atoms with Crippen molar-refractivity contribution in [3.8, 4) is 0 Å². The van der Waals surface area contributed by atoms with Gasteiger partial charge < -0.3 is 9.40 Å². The zero-order valence-corrected chi connectivity index (χ0v) is 19.5. The standard InChI is InChI=1S/C24H20BrF3N4O2/c25-15-5-6-19-18(7-15)21-22(34-19)23(33)30-20(29-21)12-32-11-16-8-17(32)10-31(16)9-13-1-3-14(4-2-13)24(26,27)28/h1-7,16-17H,8-12H2,(H,29,30,33)/t16-,17-/m1/s1. The van der Waals surface area contributed by atoms with Gasteiger partial charge in [-0.05, 0) is 42.3 Å². The van der Waals surface area contributed by atoms with Crippen molar-refractivity contribution in [2.24, 2.45) is 0 Å². The molecule has 0 amide bonds. The van der Waals surface area contributed by atoms with Gasteiger partial charge in [0.05, 0.1) is 12.1 Å². The molecule has 176 valence electrons. The van der Waals surface area contributed by atoms with Gasteiger partial charge in [0.1, 0.15) is 16.9 Å².